The first-order valence-electron chi connectivity index (χ1n) is 29.2. The molecule has 0 bridgehead atoms. The lowest BCUT2D eigenvalue weighted by molar-refractivity contribution is -0.274. The van der Waals surface area contributed by atoms with Crippen LogP contribution in [0.5, 0.6) is 17.2 Å². The van der Waals surface area contributed by atoms with Gasteiger partial charge in [0.2, 0.25) is 0 Å². The molecule has 6 aromatic rings. The van der Waals surface area contributed by atoms with E-state index in [-0.39, 0.29) is 57.9 Å². The van der Waals surface area contributed by atoms with E-state index in [9.17, 15) is 140 Å². The molecule has 0 radical (unpaired) electrons. The summed E-state index contributed by atoms with van der Waals surface area (Å²) in [5.74, 6) is -3.67. The molecule has 0 aliphatic heterocycles. The van der Waals surface area contributed by atoms with Crippen LogP contribution in [0.1, 0.15) is 197 Å². The first-order chi connectivity index (χ1) is 46.1. The van der Waals surface area contributed by atoms with Crippen molar-refractivity contribution in [1.29, 1.82) is 0 Å². The predicted molar refractivity (Wildman–Crippen MR) is 323 cm³/mol. The highest BCUT2D eigenvalue weighted by Gasteiger charge is 2.45. The Labute approximate surface area is 581 Å². The minimum Gasteiger partial charge on any atom is -0.435 e. The zero-order chi connectivity index (χ0) is 80.6. The number of rotatable bonds is 14. The molecule has 37 heteroatoms. The summed E-state index contributed by atoms with van der Waals surface area (Å²) in [4.78, 5) is -0.443. The number of hydrogen-bond donors (Lipinski definition) is 0. The first kappa shape index (κ1) is 94.3. The van der Waals surface area contributed by atoms with Crippen LogP contribution in [0.4, 0.5) is 140 Å². The van der Waals surface area contributed by atoms with E-state index in [1.807, 2.05) is 13.8 Å². The van der Waals surface area contributed by atoms with Gasteiger partial charge in [-0.2, -0.15) is 119 Å². The fourth-order valence-electron chi connectivity index (χ4n) is 7.70. The zero-order valence-corrected chi connectivity index (χ0v) is 57.6. The van der Waals surface area contributed by atoms with Gasteiger partial charge in [-0.3, -0.25) is 0 Å². The van der Waals surface area contributed by atoms with Gasteiger partial charge in [0.05, 0.1) is 33.4 Å². The molecule has 0 aromatic heterocycles. The number of halogens is 33. The van der Waals surface area contributed by atoms with Crippen molar-refractivity contribution in [3.05, 3.63) is 186 Å². The number of thioether (sulfide) groups is 1. The summed E-state index contributed by atoms with van der Waals surface area (Å²) in [5, 5.41) is 0. The first-order valence-corrected chi connectivity index (χ1v) is 30.8. The van der Waals surface area contributed by atoms with Crippen LogP contribution in [0, 0.1) is 0 Å². The van der Waals surface area contributed by atoms with Crippen LogP contribution in [0.15, 0.2) is 119 Å². The van der Waals surface area contributed by atoms with Gasteiger partial charge >= 0.3 is 68.1 Å². The Morgan fingerprint density at radius 3 is 0.845 bits per heavy atom. The fourth-order valence-corrected chi connectivity index (χ4v) is 8.86. The zero-order valence-electron chi connectivity index (χ0n) is 55.2. The molecule has 103 heavy (non-hydrogen) atoms. The lowest BCUT2D eigenvalue weighted by Crippen LogP contribution is -2.33. The molecule has 0 atom stereocenters. The second-order valence-electron chi connectivity index (χ2n) is 23.5. The highest BCUT2D eigenvalue weighted by atomic mass is 79.9. The maximum Gasteiger partial charge on any atom is 0.573 e. The number of ether oxygens (including phenoxy) is 3. The van der Waals surface area contributed by atoms with Crippen molar-refractivity contribution in [3.63, 3.8) is 0 Å². The van der Waals surface area contributed by atoms with Crippen LogP contribution in [0.2, 0.25) is 0 Å². The average molecular weight is 1620 g/mol. The molecule has 6 rings (SSSR count). The molecule has 0 N–H and O–H groups in total. The van der Waals surface area contributed by atoms with Crippen LogP contribution >= 0.6 is 27.7 Å². The summed E-state index contributed by atoms with van der Waals surface area (Å²) in [6.45, 7) is 16.7. The van der Waals surface area contributed by atoms with Gasteiger partial charge in [0.15, 0.2) is 0 Å². The summed E-state index contributed by atoms with van der Waals surface area (Å²) >= 11 is 2.54. The van der Waals surface area contributed by atoms with Crippen molar-refractivity contribution >= 4 is 27.7 Å². The van der Waals surface area contributed by atoms with Crippen LogP contribution in [-0.2, 0) is 37.1 Å². The van der Waals surface area contributed by atoms with Crippen molar-refractivity contribution in [1.82, 2.24) is 0 Å². The normalized spacial score (nSPS) is 12.8. The van der Waals surface area contributed by atoms with Crippen LogP contribution in [0.25, 0.3) is 0 Å². The highest BCUT2D eigenvalue weighted by Crippen LogP contribution is 2.44. The van der Waals surface area contributed by atoms with Gasteiger partial charge in [0.25, 0.3) is 6.43 Å². The van der Waals surface area contributed by atoms with Crippen molar-refractivity contribution in [3.8, 4) is 17.2 Å². The molecule has 0 fully saturated rings. The topological polar surface area (TPSA) is 27.7 Å². The minimum absolute atomic E-state index is 0.0555. The molecule has 0 heterocycles. The van der Waals surface area contributed by atoms with Gasteiger partial charge in [-0.1, -0.05) is 99.0 Å². The molecule has 0 aliphatic rings. The number of benzene rings is 6. The van der Waals surface area contributed by atoms with Gasteiger partial charge in [0, 0.05) is 14.9 Å². The van der Waals surface area contributed by atoms with E-state index < -0.39 is 153 Å². The Morgan fingerprint density at radius 2 is 0.553 bits per heavy atom. The molecule has 0 amide bonds. The lowest BCUT2D eigenvalue weighted by atomic mass is 9.97. The third kappa shape index (κ3) is 34.9. The second-order valence-corrected chi connectivity index (χ2v) is 25.5. The van der Waals surface area contributed by atoms with E-state index in [0.29, 0.717) is 39.9 Å². The summed E-state index contributed by atoms with van der Waals surface area (Å²) < 4.78 is 408. The second kappa shape index (κ2) is 37.5. The Bertz CT molecular complexity index is 3490. The predicted octanol–water partition coefficient (Wildman–Crippen LogP) is 29.0. The molecule has 0 spiro atoms. The maximum absolute atomic E-state index is 12.7. The molecule has 0 saturated carbocycles. The molecule has 582 valence electrons. The molecule has 3 nitrogen and oxygen atoms in total. The fraction of sp³-hybridized carbons (Fsp3) is 0.455. The Hall–Kier alpha value is -6.69. The molecule has 0 saturated heterocycles. The summed E-state index contributed by atoms with van der Waals surface area (Å²) in [6.07, 6.45) is -44.5. The van der Waals surface area contributed by atoms with Crippen LogP contribution in [-0.4, -0.2) is 31.0 Å². The van der Waals surface area contributed by atoms with E-state index in [2.05, 4.69) is 30.1 Å². The van der Waals surface area contributed by atoms with Gasteiger partial charge < -0.3 is 14.2 Å². The van der Waals surface area contributed by atoms with Crippen molar-refractivity contribution in [2.24, 2.45) is 0 Å². The van der Waals surface area contributed by atoms with Crippen LogP contribution < -0.4 is 14.2 Å². The van der Waals surface area contributed by atoms with Gasteiger partial charge in [-0.25, -0.2) is 8.78 Å². The molecule has 0 aliphatic carbocycles. The third-order valence-corrected chi connectivity index (χ3v) is 14.2. The van der Waals surface area contributed by atoms with Gasteiger partial charge in [-0.05, 0) is 190 Å². The average Bonchev–Trinajstić information content (AvgIpc) is 0.847. The number of alkyl halides is 32. The minimum atomic E-state index is -5.02. The standard InChI is InChI=1S/C12H11F7O.C11H10F6O.C11H10F6S.C11H11F5O.C11H11F5.C10H10BrF3/c1-6(2)7-3-8(11(15,16)17)5-9(4-7)20-12(18,19)10(13)14;2*1-6(2)7-3-8(10(12,13)14)5-9(4-7)18-11(15,16)17;1-6(2)7-3-8(11(14,15)16)5-9(4-7)17-10(12)13;1-6(2)7-3-8(10(12)13)5-9(4-7)11(14,15)16;1-6(2)7-3-8(10(12,13)14)5-9(11)4-7/h3-6,10H,1-2H3;2*3-6H,1-2H3;3-6,10H,1-2H3;3-6,10H,1-2H3;3-6H,1-2H3. The largest absolute Gasteiger partial charge is 0.573 e. The molecular weight excluding hydrogens is 1560 g/mol. The Kier molecular flexibility index (Phi) is 34.4. The van der Waals surface area contributed by atoms with Gasteiger partial charge in [-0.15, -0.1) is 13.2 Å². The molecule has 0 unspecified atom stereocenters. The SMILES string of the molecule is CC(C)c1cc(Br)cc(C(F)(F)F)c1.CC(C)c1cc(C(F)F)cc(C(F)(F)F)c1.CC(C)c1cc(OC(F)(F)C(F)F)cc(C(F)(F)F)c1.CC(C)c1cc(OC(F)(F)F)cc(C(F)(F)F)c1.CC(C)c1cc(OC(F)F)cc(C(F)(F)F)c1.CC(C)c1cc(SC(F)(F)F)cc(C(F)(F)F)c1. The lowest BCUT2D eigenvalue weighted by Gasteiger charge is -2.19. The third-order valence-electron chi connectivity index (χ3n) is 13.0. The van der Waals surface area contributed by atoms with E-state index in [0.717, 1.165) is 60.7 Å². The van der Waals surface area contributed by atoms with Crippen molar-refractivity contribution < 1.29 is 155 Å². The monoisotopic (exact) mass is 1620 g/mol. The summed E-state index contributed by atoms with van der Waals surface area (Å²) in [6, 6.07) is 15.7. The molecular formula is C66H63BrF32O3S. The Morgan fingerprint density at radius 1 is 0.291 bits per heavy atom. The van der Waals surface area contributed by atoms with E-state index >= 15 is 0 Å². The van der Waals surface area contributed by atoms with E-state index in [4.69, 9.17) is 0 Å². The maximum atomic E-state index is 12.7. The van der Waals surface area contributed by atoms with E-state index in [1.54, 1.807) is 61.5 Å². The Balaban J connectivity index is 0.000000620. The van der Waals surface area contributed by atoms with Crippen molar-refractivity contribution in [2.75, 3.05) is 0 Å². The van der Waals surface area contributed by atoms with Gasteiger partial charge in [0.1, 0.15) is 17.2 Å². The van der Waals surface area contributed by atoms with E-state index in [1.165, 1.54) is 26.0 Å². The smallest absolute Gasteiger partial charge is 0.435 e. The molecule has 6 aromatic carbocycles. The summed E-state index contributed by atoms with van der Waals surface area (Å²) in [7, 11) is 0. The highest BCUT2D eigenvalue weighted by molar-refractivity contribution is 9.10. The number of hydrogen-bond acceptors (Lipinski definition) is 4. The van der Waals surface area contributed by atoms with Crippen LogP contribution in [0.3, 0.4) is 0 Å². The van der Waals surface area contributed by atoms with Crippen molar-refractivity contribution in [2.45, 2.75) is 198 Å². The summed E-state index contributed by atoms with van der Waals surface area (Å²) in [5.41, 5.74) is -9.56. The quantitative estimate of drug-likeness (QED) is 0.0802.